The van der Waals surface area contributed by atoms with Gasteiger partial charge in [-0.1, -0.05) is 12.2 Å². The fraction of sp³-hybridized carbons (Fsp3) is 0.545. The molecule has 0 aliphatic carbocycles. The predicted molar refractivity (Wildman–Crippen MR) is 62.5 cm³/mol. The number of thiol groups is 1. The Labute approximate surface area is 91.4 Å². The van der Waals surface area contributed by atoms with Crippen molar-refractivity contribution < 1.29 is 9.53 Å². The summed E-state index contributed by atoms with van der Waals surface area (Å²) in [6, 6.07) is 0. The lowest BCUT2D eigenvalue weighted by atomic mass is 9.84. The first kappa shape index (κ1) is 13.3. The van der Waals surface area contributed by atoms with Gasteiger partial charge in [0.2, 0.25) is 0 Å². The number of rotatable bonds is 7. The number of carbonyl (C=O) groups excluding carboxylic acids is 1. The molecule has 0 unspecified atom stereocenters. The maximum Gasteiger partial charge on any atom is 0.302 e. The smallest absolute Gasteiger partial charge is 0.302 e. The molecule has 2 nitrogen and oxygen atoms in total. The van der Waals surface area contributed by atoms with Crippen LogP contribution in [0.1, 0.15) is 19.8 Å². The lowest BCUT2D eigenvalue weighted by Crippen LogP contribution is -2.29. The van der Waals surface area contributed by atoms with E-state index in [4.69, 9.17) is 4.74 Å². The van der Waals surface area contributed by atoms with Gasteiger partial charge < -0.3 is 4.74 Å². The SMILES string of the molecule is C=CCC(CS)(CC=C)COC(C)=O. The number of hydrogen-bond acceptors (Lipinski definition) is 3. The monoisotopic (exact) mass is 214 g/mol. The Morgan fingerprint density at radius 3 is 2.21 bits per heavy atom. The molecular weight excluding hydrogens is 196 g/mol. The number of hydrogen-bond donors (Lipinski definition) is 1. The molecule has 0 spiro atoms. The van der Waals surface area contributed by atoms with Gasteiger partial charge in [-0.3, -0.25) is 4.79 Å². The number of carbonyl (C=O) groups is 1. The van der Waals surface area contributed by atoms with Crippen molar-refractivity contribution in [1.82, 2.24) is 0 Å². The Morgan fingerprint density at radius 1 is 1.43 bits per heavy atom. The van der Waals surface area contributed by atoms with Crippen LogP contribution in [-0.2, 0) is 9.53 Å². The van der Waals surface area contributed by atoms with Gasteiger partial charge >= 0.3 is 5.97 Å². The van der Waals surface area contributed by atoms with Crippen LogP contribution >= 0.6 is 12.6 Å². The van der Waals surface area contributed by atoms with E-state index in [1.54, 1.807) is 0 Å². The Hall–Kier alpha value is -0.700. The Kier molecular flexibility index (Phi) is 6.37. The van der Waals surface area contributed by atoms with Crippen LogP contribution in [0.25, 0.3) is 0 Å². The highest BCUT2D eigenvalue weighted by atomic mass is 32.1. The molecule has 0 saturated carbocycles. The zero-order chi connectivity index (χ0) is 11.0. The van der Waals surface area contributed by atoms with E-state index in [0.717, 1.165) is 12.8 Å². The van der Waals surface area contributed by atoms with Gasteiger partial charge in [-0.15, -0.1) is 13.2 Å². The van der Waals surface area contributed by atoms with Crippen molar-refractivity contribution in [3.63, 3.8) is 0 Å². The highest BCUT2D eigenvalue weighted by Gasteiger charge is 2.27. The molecule has 0 N–H and O–H groups in total. The summed E-state index contributed by atoms with van der Waals surface area (Å²) in [6.45, 7) is 9.17. The third-order valence-corrected chi connectivity index (χ3v) is 2.74. The lowest BCUT2D eigenvalue weighted by molar-refractivity contribution is -0.144. The predicted octanol–water partition coefficient (Wildman–Crippen LogP) is 2.62. The van der Waals surface area contributed by atoms with Crippen LogP contribution in [0.5, 0.6) is 0 Å². The van der Waals surface area contributed by atoms with Crippen molar-refractivity contribution in [1.29, 1.82) is 0 Å². The van der Waals surface area contributed by atoms with Crippen molar-refractivity contribution in [2.24, 2.45) is 5.41 Å². The molecule has 0 aromatic carbocycles. The Morgan fingerprint density at radius 2 is 1.93 bits per heavy atom. The summed E-state index contributed by atoms with van der Waals surface area (Å²) in [4.78, 5) is 10.7. The van der Waals surface area contributed by atoms with Gasteiger partial charge in [0.1, 0.15) is 0 Å². The van der Waals surface area contributed by atoms with Gasteiger partial charge in [-0.05, 0) is 18.6 Å². The van der Waals surface area contributed by atoms with Gasteiger partial charge in [-0.2, -0.15) is 12.6 Å². The van der Waals surface area contributed by atoms with Crippen LogP contribution < -0.4 is 0 Å². The molecule has 0 aliphatic heterocycles. The van der Waals surface area contributed by atoms with E-state index in [1.165, 1.54) is 6.92 Å². The molecule has 80 valence electrons. The third-order valence-electron chi connectivity index (χ3n) is 2.07. The van der Waals surface area contributed by atoms with Crippen LogP contribution in [0.3, 0.4) is 0 Å². The van der Waals surface area contributed by atoms with Crippen molar-refractivity contribution >= 4 is 18.6 Å². The first-order valence-electron chi connectivity index (χ1n) is 4.56. The summed E-state index contributed by atoms with van der Waals surface area (Å²) in [5, 5.41) is 0. The molecule has 0 atom stereocenters. The van der Waals surface area contributed by atoms with Crippen LogP contribution in [0.15, 0.2) is 25.3 Å². The molecule has 0 heterocycles. The van der Waals surface area contributed by atoms with E-state index in [0.29, 0.717) is 12.4 Å². The first-order chi connectivity index (χ1) is 6.60. The van der Waals surface area contributed by atoms with Crippen molar-refractivity contribution in [3.8, 4) is 0 Å². The number of allylic oxidation sites excluding steroid dienone is 2. The molecule has 0 radical (unpaired) electrons. The quantitative estimate of drug-likeness (QED) is 0.400. The molecule has 0 saturated heterocycles. The van der Waals surface area contributed by atoms with E-state index in [9.17, 15) is 4.79 Å². The van der Waals surface area contributed by atoms with Crippen molar-refractivity contribution in [3.05, 3.63) is 25.3 Å². The van der Waals surface area contributed by atoms with Gasteiger partial charge in [0.15, 0.2) is 0 Å². The molecule has 0 fully saturated rings. The second kappa shape index (κ2) is 6.71. The van der Waals surface area contributed by atoms with Gasteiger partial charge in [0, 0.05) is 12.3 Å². The zero-order valence-electron chi connectivity index (χ0n) is 8.66. The Balaban J connectivity index is 4.38. The zero-order valence-corrected chi connectivity index (χ0v) is 9.56. The molecule has 0 aromatic rings. The standard InChI is InChI=1S/C11H18O2S/c1-4-6-11(9-14,7-5-2)8-13-10(3)12/h4-5,14H,1-2,6-9H2,3H3. The molecule has 3 heteroatoms. The highest BCUT2D eigenvalue weighted by molar-refractivity contribution is 7.80. The minimum absolute atomic E-state index is 0.141. The fourth-order valence-corrected chi connectivity index (χ4v) is 1.59. The first-order valence-corrected chi connectivity index (χ1v) is 5.19. The van der Waals surface area contributed by atoms with Gasteiger partial charge in [0.05, 0.1) is 6.61 Å². The summed E-state index contributed by atoms with van der Waals surface area (Å²) in [6.07, 6.45) is 5.19. The maximum atomic E-state index is 10.7. The van der Waals surface area contributed by atoms with E-state index in [2.05, 4.69) is 25.8 Å². The second-order valence-electron chi connectivity index (χ2n) is 3.42. The van der Waals surface area contributed by atoms with E-state index in [-0.39, 0.29) is 11.4 Å². The molecule has 0 amide bonds. The largest absolute Gasteiger partial charge is 0.465 e. The van der Waals surface area contributed by atoms with Crippen LogP contribution in [0.2, 0.25) is 0 Å². The average molecular weight is 214 g/mol. The van der Waals surface area contributed by atoms with Crippen LogP contribution in [0.4, 0.5) is 0 Å². The third kappa shape index (κ3) is 4.51. The van der Waals surface area contributed by atoms with Crippen LogP contribution in [0, 0.1) is 5.41 Å². The molecule has 0 aromatic heterocycles. The summed E-state index contributed by atoms with van der Waals surface area (Å²) in [5.74, 6) is 0.391. The topological polar surface area (TPSA) is 26.3 Å². The maximum absolute atomic E-state index is 10.7. The summed E-state index contributed by atoms with van der Waals surface area (Å²) in [7, 11) is 0. The Bertz CT molecular complexity index is 201. The molecule has 0 bridgehead atoms. The molecule has 0 rings (SSSR count). The molecule has 14 heavy (non-hydrogen) atoms. The van der Waals surface area contributed by atoms with E-state index >= 15 is 0 Å². The minimum atomic E-state index is -0.260. The van der Waals surface area contributed by atoms with Crippen molar-refractivity contribution in [2.45, 2.75) is 19.8 Å². The summed E-state index contributed by atoms with van der Waals surface area (Å²) >= 11 is 4.28. The fourth-order valence-electron chi connectivity index (χ4n) is 1.24. The number of ether oxygens (including phenoxy) is 1. The van der Waals surface area contributed by atoms with Crippen molar-refractivity contribution in [2.75, 3.05) is 12.4 Å². The second-order valence-corrected chi connectivity index (χ2v) is 3.74. The lowest BCUT2D eigenvalue weighted by Gasteiger charge is -2.29. The average Bonchev–Trinajstić information content (AvgIpc) is 2.15. The van der Waals surface area contributed by atoms with E-state index in [1.807, 2.05) is 12.2 Å². The van der Waals surface area contributed by atoms with Gasteiger partial charge in [-0.25, -0.2) is 0 Å². The van der Waals surface area contributed by atoms with E-state index < -0.39 is 0 Å². The minimum Gasteiger partial charge on any atom is -0.465 e. The molecule has 0 aliphatic rings. The number of esters is 1. The normalized spacial score (nSPS) is 10.7. The van der Waals surface area contributed by atoms with Crippen LogP contribution in [-0.4, -0.2) is 18.3 Å². The molecular formula is C11H18O2S. The summed E-state index contributed by atoms with van der Waals surface area (Å²) in [5.41, 5.74) is -0.141. The highest BCUT2D eigenvalue weighted by Crippen LogP contribution is 2.29. The summed E-state index contributed by atoms with van der Waals surface area (Å²) < 4.78 is 5.02. The van der Waals surface area contributed by atoms with Gasteiger partial charge in [0.25, 0.3) is 0 Å².